The summed E-state index contributed by atoms with van der Waals surface area (Å²) in [5.74, 6) is 1.32. The van der Waals surface area contributed by atoms with E-state index in [9.17, 15) is 0 Å². The Labute approximate surface area is 88.0 Å². The fourth-order valence-electron chi connectivity index (χ4n) is 1.90. The van der Waals surface area contributed by atoms with Crippen LogP contribution < -0.4 is 0 Å². The maximum atomic E-state index is 5.63. The fourth-order valence-corrected chi connectivity index (χ4v) is 1.90. The molecule has 1 heterocycles. The Hall–Kier alpha value is -0.0800. The molecule has 1 fully saturated rings. The quantitative estimate of drug-likeness (QED) is 0.693. The zero-order valence-electron chi connectivity index (χ0n) is 9.95. The first kappa shape index (κ1) is 12.0. The summed E-state index contributed by atoms with van der Waals surface area (Å²) >= 11 is 0. The summed E-state index contributed by atoms with van der Waals surface area (Å²) in [5, 5.41) is 0. The van der Waals surface area contributed by atoms with Crippen molar-refractivity contribution in [1.29, 1.82) is 0 Å². The summed E-state index contributed by atoms with van der Waals surface area (Å²) in [4.78, 5) is 0. The smallest absolute Gasteiger partial charge is 0.147 e. The first-order chi connectivity index (χ1) is 6.69. The third-order valence-electron chi connectivity index (χ3n) is 3.59. The Morgan fingerprint density at radius 1 is 1.00 bits per heavy atom. The average molecular weight is 200 g/mol. The van der Waals surface area contributed by atoms with E-state index in [-0.39, 0.29) is 0 Å². The summed E-state index contributed by atoms with van der Waals surface area (Å²) < 4.78 is 11.3. The van der Waals surface area contributed by atoms with Crippen LogP contribution in [0.2, 0.25) is 0 Å². The SMILES string of the molecule is CCC(C)C1CC(C(C)CC)OCO1. The van der Waals surface area contributed by atoms with Crippen LogP contribution in [-0.4, -0.2) is 19.0 Å². The minimum absolute atomic E-state index is 0.410. The molecule has 2 nitrogen and oxygen atoms in total. The maximum Gasteiger partial charge on any atom is 0.147 e. The summed E-state index contributed by atoms with van der Waals surface area (Å²) in [7, 11) is 0. The van der Waals surface area contributed by atoms with Crippen LogP contribution in [0.25, 0.3) is 0 Å². The van der Waals surface area contributed by atoms with Crippen LogP contribution in [0.5, 0.6) is 0 Å². The number of ether oxygens (including phenoxy) is 2. The molecule has 84 valence electrons. The number of rotatable bonds is 4. The summed E-state index contributed by atoms with van der Waals surface area (Å²) in [6, 6.07) is 0. The van der Waals surface area contributed by atoms with Crippen molar-refractivity contribution in [2.45, 2.75) is 59.2 Å². The first-order valence-electron chi connectivity index (χ1n) is 5.92. The van der Waals surface area contributed by atoms with Crippen LogP contribution in [0, 0.1) is 11.8 Å². The molecular formula is C12H24O2. The molecular weight excluding hydrogens is 176 g/mol. The van der Waals surface area contributed by atoms with Crippen LogP contribution in [0.1, 0.15) is 47.0 Å². The Morgan fingerprint density at radius 3 is 1.79 bits per heavy atom. The average Bonchev–Trinajstić information content (AvgIpc) is 2.27. The molecule has 1 aliphatic rings. The lowest BCUT2D eigenvalue weighted by molar-refractivity contribution is -0.199. The highest BCUT2D eigenvalue weighted by atomic mass is 16.7. The molecule has 0 amide bonds. The molecule has 14 heavy (non-hydrogen) atoms. The molecule has 1 rings (SSSR count). The molecule has 1 saturated heterocycles. The summed E-state index contributed by atoms with van der Waals surface area (Å²) in [5.41, 5.74) is 0. The van der Waals surface area contributed by atoms with Gasteiger partial charge in [-0.3, -0.25) is 0 Å². The molecule has 0 aliphatic carbocycles. The lowest BCUT2D eigenvalue weighted by Gasteiger charge is -2.35. The molecule has 0 N–H and O–H groups in total. The van der Waals surface area contributed by atoms with E-state index in [1.807, 2.05) is 0 Å². The van der Waals surface area contributed by atoms with Crippen LogP contribution >= 0.6 is 0 Å². The Morgan fingerprint density at radius 2 is 1.43 bits per heavy atom. The predicted octanol–water partition coefficient (Wildman–Crippen LogP) is 3.21. The topological polar surface area (TPSA) is 18.5 Å². The van der Waals surface area contributed by atoms with Gasteiger partial charge in [0.25, 0.3) is 0 Å². The van der Waals surface area contributed by atoms with E-state index in [2.05, 4.69) is 27.7 Å². The van der Waals surface area contributed by atoms with Crippen molar-refractivity contribution in [2.75, 3.05) is 6.79 Å². The molecule has 0 saturated carbocycles. The second-order valence-electron chi connectivity index (χ2n) is 4.53. The van der Waals surface area contributed by atoms with Gasteiger partial charge in [0.2, 0.25) is 0 Å². The largest absolute Gasteiger partial charge is 0.352 e. The van der Waals surface area contributed by atoms with Gasteiger partial charge in [0, 0.05) is 6.42 Å². The number of hydrogen-bond donors (Lipinski definition) is 0. The van der Waals surface area contributed by atoms with Gasteiger partial charge in [-0.05, 0) is 11.8 Å². The van der Waals surface area contributed by atoms with Crippen molar-refractivity contribution < 1.29 is 9.47 Å². The number of hydrogen-bond acceptors (Lipinski definition) is 2. The van der Waals surface area contributed by atoms with Gasteiger partial charge in [-0.1, -0.05) is 40.5 Å². The van der Waals surface area contributed by atoms with Gasteiger partial charge in [0.15, 0.2) is 0 Å². The zero-order chi connectivity index (χ0) is 10.6. The second kappa shape index (κ2) is 5.72. The van der Waals surface area contributed by atoms with Gasteiger partial charge in [-0.2, -0.15) is 0 Å². The molecule has 0 spiro atoms. The van der Waals surface area contributed by atoms with Gasteiger partial charge in [0.1, 0.15) is 6.79 Å². The van der Waals surface area contributed by atoms with Crippen molar-refractivity contribution in [3.8, 4) is 0 Å². The monoisotopic (exact) mass is 200 g/mol. The van der Waals surface area contributed by atoms with Crippen molar-refractivity contribution >= 4 is 0 Å². The molecule has 4 atom stereocenters. The highest BCUT2D eigenvalue weighted by molar-refractivity contribution is 4.76. The molecule has 0 bridgehead atoms. The molecule has 4 unspecified atom stereocenters. The molecule has 1 aliphatic heterocycles. The second-order valence-corrected chi connectivity index (χ2v) is 4.53. The summed E-state index contributed by atoms with van der Waals surface area (Å²) in [6.07, 6.45) is 4.28. The van der Waals surface area contributed by atoms with Crippen molar-refractivity contribution in [1.82, 2.24) is 0 Å². The highest BCUT2D eigenvalue weighted by Crippen LogP contribution is 2.27. The van der Waals surface area contributed by atoms with Gasteiger partial charge >= 0.3 is 0 Å². The molecule has 2 heteroatoms. The van der Waals surface area contributed by atoms with E-state index in [1.54, 1.807) is 0 Å². The van der Waals surface area contributed by atoms with E-state index in [1.165, 1.54) is 12.8 Å². The molecule has 0 aromatic heterocycles. The van der Waals surface area contributed by atoms with Gasteiger partial charge < -0.3 is 9.47 Å². The van der Waals surface area contributed by atoms with E-state index >= 15 is 0 Å². The Bertz CT molecular complexity index is 142. The third kappa shape index (κ3) is 2.96. The predicted molar refractivity (Wildman–Crippen MR) is 58.1 cm³/mol. The Kier molecular flexibility index (Phi) is 4.90. The lowest BCUT2D eigenvalue weighted by atomic mass is 9.90. The third-order valence-corrected chi connectivity index (χ3v) is 3.59. The van der Waals surface area contributed by atoms with Gasteiger partial charge in [-0.15, -0.1) is 0 Å². The van der Waals surface area contributed by atoms with Crippen molar-refractivity contribution in [3.63, 3.8) is 0 Å². The standard InChI is InChI=1S/C12H24O2/c1-5-9(3)11-7-12(10(4)6-2)14-8-13-11/h9-12H,5-8H2,1-4H3. The zero-order valence-corrected chi connectivity index (χ0v) is 9.95. The first-order valence-corrected chi connectivity index (χ1v) is 5.92. The molecule has 0 aromatic carbocycles. The van der Waals surface area contributed by atoms with Crippen LogP contribution in [-0.2, 0) is 9.47 Å². The minimum atomic E-state index is 0.410. The minimum Gasteiger partial charge on any atom is -0.352 e. The lowest BCUT2D eigenvalue weighted by Crippen LogP contribution is -2.38. The van der Waals surface area contributed by atoms with Crippen LogP contribution in [0.4, 0.5) is 0 Å². The van der Waals surface area contributed by atoms with Gasteiger partial charge in [0.05, 0.1) is 12.2 Å². The Balaban J connectivity index is 2.43. The van der Waals surface area contributed by atoms with E-state index in [0.29, 0.717) is 30.8 Å². The van der Waals surface area contributed by atoms with E-state index in [0.717, 1.165) is 6.42 Å². The normalized spacial score (nSPS) is 32.6. The van der Waals surface area contributed by atoms with Crippen molar-refractivity contribution in [3.05, 3.63) is 0 Å². The van der Waals surface area contributed by atoms with Gasteiger partial charge in [-0.25, -0.2) is 0 Å². The van der Waals surface area contributed by atoms with E-state index in [4.69, 9.17) is 9.47 Å². The highest BCUT2D eigenvalue weighted by Gasteiger charge is 2.29. The maximum absolute atomic E-state index is 5.63. The molecule has 0 aromatic rings. The van der Waals surface area contributed by atoms with Crippen LogP contribution in [0.3, 0.4) is 0 Å². The fraction of sp³-hybridized carbons (Fsp3) is 1.00. The molecule has 0 radical (unpaired) electrons. The van der Waals surface area contributed by atoms with E-state index < -0.39 is 0 Å². The summed E-state index contributed by atoms with van der Waals surface area (Å²) in [6.45, 7) is 9.47. The van der Waals surface area contributed by atoms with Crippen LogP contribution in [0.15, 0.2) is 0 Å². The van der Waals surface area contributed by atoms with Crippen molar-refractivity contribution in [2.24, 2.45) is 11.8 Å².